The molecule has 2 saturated heterocycles. The summed E-state index contributed by atoms with van der Waals surface area (Å²) in [6.45, 7) is 2.45. The number of carbonyl (C=O) groups excluding carboxylic acids is 1. The van der Waals surface area contributed by atoms with Crippen molar-refractivity contribution in [2.24, 2.45) is 11.1 Å². The van der Waals surface area contributed by atoms with E-state index in [1.165, 1.54) is 0 Å². The van der Waals surface area contributed by atoms with Crippen molar-refractivity contribution in [3.63, 3.8) is 0 Å². The number of hydrogen-bond donors (Lipinski definition) is 2. The Kier molecular flexibility index (Phi) is 5.11. The number of aliphatic carboxylic acids is 1. The van der Waals surface area contributed by atoms with Crippen LogP contribution in [0.4, 0.5) is 0 Å². The van der Waals surface area contributed by atoms with Gasteiger partial charge in [-0.05, 0) is 63.5 Å². The number of likely N-dealkylation sites (tertiary alicyclic amines) is 2. The van der Waals surface area contributed by atoms with Gasteiger partial charge in [-0.1, -0.05) is 12.1 Å². The third kappa shape index (κ3) is 3.28. The van der Waals surface area contributed by atoms with Crippen molar-refractivity contribution < 1.29 is 14.7 Å². The molecule has 2 fully saturated rings. The highest BCUT2D eigenvalue weighted by atomic mass is 16.4. The minimum atomic E-state index is -0.720. The second-order valence-electron chi connectivity index (χ2n) is 7.30. The second-order valence-corrected chi connectivity index (χ2v) is 7.30. The number of nitrogens with two attached hydrogens (primary N) is 1. The highest BCUT2D eigenvalue weighted by molar-refractivity contribution is 5.94. The van der Waals surface area contributed by atoms with Crippen LogP contribution in [-0.2, 0) is 11.2 Å². The smallest absolute Gasteiger partial charge is 0.311 e. The first-order valence-corrected chi connectivity index (χ1v) is 9.00. The summed E-state index contributed by atoms with van der Waals surface area (Å²) in [6.07, 6.45) is 2.92. The van der Waals surface area contributed by atoms with Crippen LogP contribution in [0.15, 0.2) is 24.3 Å². The summed E-state index contributed by atoms with van der Waals surface area (Å²) >= 11 is 0. The van der Waals surface area contributed by atoms with Gasteiger partial charge in [0, 0.05) is 24.7 Å². The van der Waals surface area contributed by atoms with E-state index in [1.807, 2.05) is 36.2 Å². The molecule has 0 radical (unpaired) electrons. The molecule has 6 heteroatoms. The van der Waals surface area contributed by atoms with Gasteiger partial charge in [-0.15, -0.1) is 0 Å². The Labute approximate surface area is 148 Å². The molecule has 0 saturated carbocycles. The van der Waals surface area contributed by atoms with Crippen LogP contribution in [0.3, 0.4) is 0 Å². The predicted octanol–water partition coefficient (Wildman–Crippen LogP) is 1.20. The minimum absolute atomic E-state index is 0.0164. The first-order valence-electron chi connectivity index (χ1n) is 9.00. The van der Waals surface area contributed by atoms with Crippen molar-refractivity contribution in [3.05, 3.63) is 35.4 Å². The Morgan fingerprint density at radius 3 is 2.60 bits per heavy atom. The number of likely N-dealkylation sites (N-methyl/N-ethyl adjacent to an activating group) is 1. The summed E-state index contributed by atoms with van der Waals surface area (Å²) in [4.78, 5) is 28.7. The first kappa shape index (κ1) is 17.9. The summed E-state index contributed by atoms with van der Waals surface area (Å²) in [7, 11) is 1.97. The molecule has 6 nitrogen and oxygen atoms in total. The molecule has 2 heterocycles. The van der Waals surface area contributed by atoms with E-state index in [-0.39, 0.29) is 11.9 Å². The highest BCUT2D eigenvalue weighted by Gasteiger charge is 2.52. The van der Waals surface area contributed by atoms with Crippen LogP contribution in [-0.4, -0.2) is 66.1 Å². The number of hydrogen-bond acceptors (Lipinski definition) is 4. The second kappa shape index (κ2) is 7.14. The fourth-order valence-electron chi connectivity index (χ4n) is 4.33. The summed E-state index contributed by atoms with van der Waals surface area (Å²) < 4.78 is 0. The lowest BCUT2D eigenvalue weighted by Gasteiger charge is -2.51. The molecule has 0 bridgehead atoms. The monoisotopic (exact) mass is 345 g/mol. The quantitative estimate of drug-likeness (QED) is 0.856. The van der Waals surface area contributed by atoms with Crippen molar-refractivity contribution >= 4 is 11.9 Å². The molecule has 25 heavy (non-hydrogen) atoms. The molecule has 3 N–H and O–H groups in total. The molecule has 136 valence electrons. The largest absolute Gasteiger partial charge is 0.481 e. The number of nitrogens with zero attached hydrogens (tertiary/aromatic N) is 2. The maximum absolute atomic E-state index is 12.9. The zero-order valence-corrected chi connectivity index (χ0v) is 14.8. The zero-order valence-electron chi connectivity index (χ0n) is 14.8. The summed E-state index contributed by atoms with van der Waals surface area (Å²) in [5.41, 5.74) is 6.62. The number of carbonyl (C=O) groups is 2. The third-order valence-electron chi connectivity index (χ3n) is 5.87. The lowest BCUT2D eigenvalue weighted by Crippen LogP contribution is -2.63. The van der Waals surface area contributed by atoms with Crippen molar-refractivity contribution in [1.82, 2.24) is 9.80 Å². The number of carboxylic acids is 1. The van der Waals surface area contributed by atoms with Gasteiger partial charge in [0.15, 0.2) is 0 Å². The summed E-state index contributed by atoms with van der Waals surface area (Å²) in [5.74, 6) is -0.737. The van der Waals surface area contributed by atoms with Crippen molar-refractivity contribution in [2.45, 2.75) is 31.7 Å². The lowest BCUT2D eigenvalue weighted by atomic mass is 9.68. The van der Waals surface area contributed by atoms with Crippen LogP contribution in [0.2, 0.25) is 0 Å². The number of fused-ring (bicyclic) bond motifs is 1. The van der Waals surface area contributed by atoms with E-state index in [9.17, 15) is 14.7 Å². The van der Waals surface area contributed by atoms with Crippen LogP contribution in [0.25, 0.3) is 0 Å². The normalized spacial score (nSPS) is 27.0. The Bertz CT molecular complexity index is 646. The van der Waals surface area contributed by atoms with Gasteiger partial charge in [-0.25, -0.2) is 0 Å². The van der Waals surface area contributed by atoms with E-state index in [0.717, 1.165) is 24.9 Å². The van der Waals surface area contributed by atoms with E-state index in [1.54, 1.807) is 0 Å². The molecule has 0 unspecified atom stereocenters. The maximum Gasteiger partial charge on any atom is 0.311 e. The zero-order chi connectivity index (χ0) is 18.0. The van der Waals surface area contributed by atoms with Gasteiger partial charge in [0.05, 0.1) is 5.41 Å². The molecule has 0 spiro atoms. The van der Waals surface area contributed by atoms with E-state index in [2.05, 4.69) is 4.90 Å². The number of amides is 1. The number of benzene rings is 1. The molecular weight excluding hydrogens is 318 g/mol. The molecule has 2 aliphatic rings. The van der Waals surface area contributed by atoms with E-state index >= 15 is 0 Å². The predicted molar refractivity (Wildman–Crippen MR) is 95.4 cm³/mol. The Hall–Kier alpha value is -1.92. The molecular formula is C19H27N3O3. The third-order valence-corrected chi connectivity index (χ3v) is 5.87. The highest BCUT2D eigenvalue weighted by Crippen LogP contribution is 2.42. The number of rotatable bonds is 4. The van der Waals surface area contributed by atoms with Crippen LogP contribution in [0.1, 0.15) is 35.2 Å². The van der Waals surface area contributed by atoms with Gasteiger partial charge in [0.1, 0.15) is 0 Å². The summed E-state index contributed by atoms with van der Waals surface area (Å²) in [6, 6.07) is 7.46. The Morgan fingerprint density at radius 2 is 1.96 bits per heavy atom. The van der Waals surface area contributed by atoms with E-state index in [0.29, 0.717) is 38.0 Å². The molecule has 1 aromatic rings. The minimum Gasteiger partial charge on any atom is -0.481 e. The van der Waals surface area contributed by atoms with Crippen molar-refractivity contribution in [3.8, 4) is 0 Å². The number of carboxylic acid groups (broad SMARTS) is 1. The topological polar surface area (TPSA) is 86.9 Å². The molecule has 2 atom stereocenters. The van der Waals surface area contributed by atoms with Crippen LogP contribution >= 0.6 is 0 Å². The molecule has 3 rings (SSSR count). The fraction of sp³-hybridized carbons (Fsp3) is 0.579. The average Bonchev–Trinajstić information content (AvgIpc) is 2.62. The van der Waals surface area contributed by atoms with Gasteiger partial charge in [-0.2, -0.15) is 0 Å². The summed E-state index contributed by atoms with van der Waals surface area (Å²) in [5, 5.41) is 9.82. The van der Waals surface area contributed by atoms with Crippen LogP contribution in [0.5, 0.6) is 0 Å². The molecule has 0 aromatic heterocycles. The van der Waals surface area contributed by atoms with Gasteiger partial charge in [0.2, 0.25) is 0 Å². The Morgan fingerprint density at radius 1 is 1.24 bits per heavy atom. The molecule has 1 aromatic carbocycles. The Balaban J connectivity index is 1.76. The molecule has 2 aliphatic heterocycles. The molecule has 0 aliphatic carbocycles. The lowest BCUT2D eigenvalue weighted by molar-refractivity contribution is -0.161. The van der Waals surface area contributed by atoms with Crippen molar-refractivity contribution in [2.75, 3.05) is 33.2 Å². The fourth-order valence-corrected chi connectivity index (χ4v) is 4.33. The van der Waals surface area contributed by atoms with E-state index in [4.69, 9.17) is 5.73 Å². The van der Waals surface area contributed by atoms with E-state index < -0.39 is 11.4 Å². The SMILES string of the molecule is CN1CCC[C@]2(C(=O)O)CCN(C(=O)c3ccc(CCN)cc3)C[C@@H]12. The van der Waals surface area contributed by atoms with Crippen LogP contribution < -0.4 is 5.73 Å². The van der Waals surface area contributed by atoms with Crippen LogP contribution in [0, 0.1) is 5.41 Å². The van der Waals surface area contributed by atoms with Gasteiger partial charge < -0.3 is 20.6 Å². The van der Waals surface area contributed by atoms with Crippen molar-refractivity contribution in [1.29, 1.82) is 0 Å². The van der Waals surface area contributed by atoms with Gasteiger partial charge in [0.25, 0.3) is 5.91 Å². The maximum atomic E-state index is 12.9. The standard InChI is InChI=1S/C19H27N3O3/c1-21-11-2-8-19(18(24)25)9-12-22(13-16(19)21)17(23)15-5-3-14(4-6-15)7-10-20/h3-6,16H,2,7-13,20H2,1H3,(H,24,25)/t16-,19+/m1/s1. The van der Waals surface area contributed by atoms with Gasteiger partial charge >= 0.3 is 5.97 Å². The average molecular weight is 345 g/mol. The number of piperidine rings is 2. The first-order chi connectivity index (χ1) is 12.0. The van der Waals surface area contributed by atoms with Gasteiger partial charge in [-0.3, -0.25) is 9.59 Å². The molecule has 1 amide bonds.